The van der Waals surface area contributed by atoms with Crippen LogP contribution in [0.3, 0.4) is 0 Å². The maximum absolute atomic E-state index is 5.65. The number of ether oxygens (including phenoxy) is 2. The average molecular weight is 425 g/mol. The number of nitrogens with zero attached hydrogens (tertiary/aromatic N) is 3. The molecule has 0 aromatic heterocycles. The summed E-state index contributed by atoms with van der Waals surface area (Å²) in [6, 6.07) is 13.9. The maximum Gasteiger partial charge on any atom is 0.161 e. The van der Waals surface area contributed by atoms with E-state index in [4.69, 9.17) is 9.47 Å². The fourth-order valence-corrected chi connectivity index (χ4v) is 4.82. The molecule has 168 valence electrons. The zero-order chi connectivity index (χ0) is 22.0. The Kier molecular flexibility index (Phi) is 6.70. The van der Waals surface area contributed by atoms with Crippen LogP contribution in [0.1, 0.15) is 36.1 Å². The van der Waals surface area contributed by atoms with Gasteiger partial charge in [-0.25, -0.2) is 5.01 Å². The summed E-state index contributed by atoms with van der Waals surface area (Å²) < 4.78 is 11.3. The van der Waals surface area contributed by atoms with Gasteiger partial charge in [-0.2, -0.15) is 0 Å². The molecule has 0 bridgehead atoms. The second-order valence-electron chi connectivity index (χ2n) is 8.74. The van der Waals surface area contributed by atoms with Gasteiger partial charge < -0.3 is 19.3 Å². The van der Waals surface area contributed by atoms with Gasteiger partial charge in [-0.1, -0.05) is 19.1 Å². The fraction of sp³-hybridized carbons (Fsp3) is 0.520. The van der Waals surface area contributed by atoms with Gasteiger partial charge in [0.05, 0.1) is 20.3 Å². The van der Waals surface area contributed by atoms with Crippen molar-refractivity contribution < 1.29 is 9.47 Å². The zero-order valence-corrected chi connectivity index (χ0v) is 19.5. The van der Waals surface area contributed by atoms with Gasteiger partial charge >= 0.3 is 0 Å². The molecule has 0 spiro atoms. The molecule has 1 fully saturated rings. The van der Waals surface area contributed by atoms with Gasteiger partial charge in [0, 0.05) is 45.0 Å². The molecule has 0 amide bonds. The van der Waals surface area contributed by atoms with Gasteiger partial charge in [-0.3, -0.25) is 5.43 Å². The third kappa shape index (κ3) is 4.52. The van der Waals surface area contributed by atoms with E-state index in [-0.39, 0.29) is 6.04 Å². The van der Waals surface area contributed by atoms with Crippen LogP contribution < -0.4 is 19.8 Å². The summed E-state index contributed by atoms with van der Waals surface area (Å²) in [5, 5.41) is 2.26. The van der Waals surface area contributed by atoms with E-state index in [2.05, 4.69) is 77.7 Å². The van der Waals surface area contributed by atoms with E-state index in [1.165, 1.54) is 22.4 Å². The van der Waals surface area contributed by atoms with E-state index in [1.807, 2.05) is 0 Å². The number of piperazine rings is 1. The van der Waals surface area contributed by atoms with Crippen LogP contribution in [0.25, 0.3) is 0 Å². The fourth-order valence-electron chi connectivity index (χ4n) is 4.82. The first-order chi connectivity index (χ1) is 15.0. The van der Waals surface area contributed by atoms with Crippen molar-refractivity contribution in [3.8, 4) is 11.5 Å². The summed E-state index contributed by atoms with van der Waals surface area (Å²) in [6.45, 7) is 6.63. The van der Waals surface area contributed by atoms with E-state index in [1.54, 1.807) is 14.2 Å². The largest absolute Gasteiger partial charge is 0.493 e. The molecule has 1 N–H and O–H groups in total. The summed E-state index contributed by atoms with van der Waals surface area (Å²) >= 11 is 0. The third-order valence-corrected chi connectivity index (χ3v) is 6.75. The Morgan fingerprint density at radius 3 is 2.19 bits per heavy atom. The lowest BCUT2D eigenvalue weighted by atomic mass is 9.91. The van der Waals surface area contributed by atoms with Crippen LogP contribution >= 0.6 is 0 Å². The van der Waals surface area contributed by atoms with Crippen molar-refractivity contribution in [1.82, 2.24) is 15.3 Å². The molecular weight excluding hydrogens is 388 g/mol. The molecule has 1 saturated heterocycles. The highest BCUT2D eigenvalue weighted by Crippen LogP contribution is 2.39. The minimum atomic E-state index is 0.105. The maximum atomic E-state index is 5.65. The smallest absolute Gasteiger partial charge is 0.161 e. The van der Waals surface area contributed by atoms with Crippen LogP contribution in [0.15, 0.2) is 36.4 Å². The number of hydrogen-bond donors (Lipinski definition) is 1. The predicted molar refractivity (Wildman–Crippen MR) is 126 cm³/mol. The third-order valence-electron chi connectivity index (χ3n) is 6.75. The quantitative estimate of drug-likeness (QED) is 0.794. The van der Waals surface area contributed by atoms with Crippen molar-refractivity contribution >= 4 is 5.69 Å². The number of fused-ring (bicyclic) bond motifs is 1. The molecular formula is C25H36N4O2. The molecule has 1 unspecified atom stereocenters. The lowest BCUT2D eigenvalue weighted by Gasteiger charge is -2.34. The summed E-state index contributed by atoms with van der Waals surface area (Å²) in [5.41, 5.74) is 8.89. The molecule has 2 heterocycles. The Bertz CT molecular complexity index is 878. The highest BCUT2D eigenvalue weighted by atomic mass is 16.5. The number of benzene rings is 2. The van der Waals surface area contributed by atoms with Gasteiger partial charge in [0.1, 0.15) is 0 Å². The van der Waals surface area contributed by atoms with E-state index in [0.717, 1.165) is 50.5 Å². The molecule has 2 aromatic carbocycles. The molecule has 6 heteroatoms. The summed E-state index contributed by atoms with van der Waals surface area (Å²) in [7, 11) is 7.75. The Morgan fingerprint density at radius 2 is 1.58 bits per heavy atom. The topological polar surface area (TPSA) is 40.2 Å². The first-order valence-corrected chi connectivity index (χ1v) is 11.3. The molecule has 31 heavy (non-hydrogen) atoms. The number of hydrazine groups is 1. The van der Waals surface area contributed by atoms with Gasteiger partial charge in [-0.05, 0) is 60.8 Å². The number of nitrogens with one attached hydrogen (secondary N) is 1. The van der Waals surface area contributed by atoms with Gasteiger partial charge in [0.25, 0.3) is 0 Å². The van der Waals surface area contributed by atoms with Gasteiger partial charge in [0.15, 0.2) is 11.5 Å². The Morgan fingerprint density at radius 1 is 0.935 bits per heavy atom. The number of rotatable bonds is 5. The molecule has 0 radical (unpaired) electrons. The van der Waals surface area contributed by atoms with E-state index in [0.29, 0.717) is 6.04 Å². The van der Waals surface area contributed by atoms with Crippen LogP contribution in [0, 0.1) is 0 Å². The standard InChI is InChI=1S/C25H36N4O2/c1-6-20-15-19-16-23(30-4)24(31-5)17-22(19)25(28(3)26-20)18-7-9-21(10-8-18)29-13-11-27(2)12-14-29/h7-10,16-17,20,25-26H,6,11-15H2,1-5H3/t20-,25?/m0/s1. The highest BCUT2D eigenvalue weighted by molar-refractivity contribution is 5.53. The number of hydrogen-bond acceptors (Lipinski definition) is 6. The number of anilines is 1. The monoisotopic (exact) mass is 424 g/mol. The lowest BCUT2D eigenvalue weighted by Crippen LogP contribution is -2.44. The Labute approximate surface area is 186 Å². The Hall–Kier alpha value is -2.28. The molecule has 2 aliphatic heterocycles. The first kappa shape index (κ1) is 21.9. The second kappa shape index (κ2) is 9.47. The van der Waals surface area contributed by atoms with E-state index in [9.17, 15) is 0 Å². The normalized spacial score (nSPS) is 22.7. The molecule has 0 aliphatic carbocycles. The van der Waals surface area contributed by atoms with E-state index >= 15 is 0 Å². The number of methoxy groups -OCH3 is 2. The minimum absolute atomic E-state index is 0.105. The molecule has 2 atom stereocenters. The van der Waals surface area contributed by atoms with Gasteiger partial charge in [0.2, 0.25) is 0 Å². The van der Waals surface area contributed by atoms with Crippen LogP contribution in [0.5, 0.6) is 11.5 Å². The molecule has 0 saturated carbocycles. The predicted octanol–water partition coefficient (Wildman–Crippen LogP) is 3.32. The molecule has 2 aliphatic rings. The van der Waals surface area contributed by atoms with Crippen molar-refractivity contribution in [2.45, 2.75) is 31.8 Å². The van der Waals surface area contributed by atoms with Crippen molar-refractivity contribution in [2.24, 2.45) is 0 Å². The lowest BCUT2D eigenvalue weighted by molar-refractivity contribution is 0.164. The SMILES string of the molecule is CC[C@H]1Cc2cc(OC)c(OC)cc2C(c2ccc(N3CCN(C)CC3)cc2)N(C)N1. The second-order valence-corrected chi connectivity index (χ2v) is 8.74. The highest BCUT2D eigenvalue weighted by Gasteiger charge is 2.30. The zero-order valence-electron chi connectivity index (χ0n) is 19.5. The van der Waals surface area contributed by atoms with Crippen LogP contribution in [0.4, 0.5) is 5.69 Å². The van der Waals surface area contributed by atoms with Crippen molar-refractivity contribution in [2.75, 3.05) is 59.4 Å². The molecule has 4 rings (SSSR count). The van der Waals surface area contributed by atoms with Gasteiger partial charge in [-0.15, -0.1) is 0 Å². The summed E-state index contributed by atoms with van der Waals surface area (Å²) in [5.74, 6) is 1.58. The summed E-state index contributed by atoms with van der Waals surface area (Å²) in [4.78, 5) is 4.87. The average Bonchev–Trinajstić information content (AvgIpc) is 2.93. The van der Waals surface area contributed by atoms with Crippen LogP contribution in [-0.4, -0.2) is 70.4 Å². The Balaban J connectivity index is 1.70. The van der Waals surface area contributed by atoms with Crippen molar-refractivity contribution in [3.05, 3.63) is 53.1 Å². The van der Waals surface area contributed by atoms with E-state index < -0.39 is 0 Å². The number of likely N-dealkylation sites (N-methyl/N-ethyl adjacent to an activating group) is 1. The first-order valence-electron chi connectivity index (χ1n) is 11.3. The molecule has 2 aromatic rings. The van der Waals surface area contributed by atoms with Crippen LogP contribution in [-0.2, 0) is 6.42 Å². The molecule has 6 nitrogen and oxygen atoms in total. The summed E-state index contributed by atoms with van der Waals surface area (Å²) in [6.07, 6.45) is 2.03. The van der Waals surface area contributed by atoms with Crippen molar-refractivity contribution in [1.29, 1.82) is 0 Å². The minimum Gasteiger partial charge on any atom is -0.493 e. The van der Waals surface area contributed by atoms with Crippen LogP contribution in [0.2, 0.25) is 0 Å². The van der Waals surface area contributed by atoms with Crippen molar-refractivity contribution in [3.63, 3.8) is 0 Å².